The highest BCUT2D eigenvalue weighted by Gasteiger charge is 2.40. The second kappa shape index (κ2) is 9.20. The summed E-state index contributed by atoms with van der Waals surface area (Å²) in [4.78, 5) is 36.7. The molecule has 2 atom stereocenters. The lowest BCUT2D eigenvalue weighted by molar-refractivity contribution is -0.145. The van der Waals surface area contributed by atoms with E-state index in [1.54, 1.807) is 30.3 Å². The van der Waals surface area contributed by atoms with Gasteiger partial charge in [-0.1, -0.05) is 50.0 Å². The molecule has 1 saturated heterocycles. The number of carboxylic acids is 2. The molecule has 0 bridgehead atoms. The van der Waals surface area contributed by atoms with Crippen LogP contribution in [0, 0.1) is 5.92 Å². The van der Waals surface area contributed by atoms with Crippen molar-refractivity contribution in [2.45, 2.75) is 39.3 Å². The normalized spacial score (nSPS) is 17.9. The number of thiocarbonyl (C=S) groups is 1. The average Bonchev–Trinajstić information content (AvgIpc) is 2.87. The third-order valence-electron chi connectivity index (χ3n) is 3.95. The van der Waals surface area contributed by atoms with E-state index in [2.05, 4.69) is 0 Å². The van der Waals surface area contributed by atoms with E-state index in [1.165, 1.54) is 11.8 Å². The van der Waals surface area contributed by atoms with Crippen LogP contribution in [0.2, 0.25) is 0 Å². The fourth-order valence-electron chi connectivity index (χ4n) is 2.56. The number of hydrogen-bond donors (Lipinski definition) is 2. The molecule has 150 valence electrons. The summed E-state index contributed by atoms with van der Waals surface area (Å²) < 4.78 is 5.49. The third kappa shape index (κ3) is 5.32. The van der Waals surface area contributed by atoms with E-state index < -0.39 is 30.0 Å². The Balaban J connectivity index is 2.18. The van der Waals surface area contributed by atoms with Gasteiger partial charge in [-0.3, -0.25) is 9.69 Å². The van der Waals surface area contributed by atoms with Crippen molar-refractivity contribution in [1.82, 2.24) is 4.90 Å². The van der Waals surface area contributed by atoms with Gasteiger partial charge in [0.2, 0.25) is 0 Å². The Morgan fingerprint density at radius 3 is 2.29 bits per heavy atom. The summed E-state index contributed by atoms with van der Waals surface area (Å²) in [6, 6.07) is 5.57. The van der Waals surface area contributed by atoms with E-state index in [4.69, 9.17) is 22.1 Å². The first-order valence-electron chi connectivity index (χ1n) is 8.59. The van der Waals surface area contributed by atoms with Crippen LogP contribution in [-0.4, -0.2) is 49.4 Å². The van der Waals surface area contributed by atoms with Gasteiger partial charge < -0.3 is 14.9 Å². The van der Waals surface area contributed by atoms with Crippen LogP contribution in [0.15, 0.2) is 29.2 Å². The number of hydrogen-bond acceptors (Lipinski definition) is 6. The van der Waals surface area contributed by atoms with Crippen LogP contribution < -0.4 is 4.74 Å². The molecule has 1 aliphatic rings. The van der Waals surface area contributed by atoms with E-state index in [0.717, 1.165) is 11.8 Å². The summed E-state index contributed by atoms with van der Waals surface area (Å²) in [6.07, 6.45) is 0.955. The summed E-state index contributed by atoms with van der Waals surface area (Å²) in [5, 5.41) is 18.4. The Morgan fingerprint density at radius 1 is 1.18 bits per heavy atom. The minimum absolute atomic E-state index is 0.0930. The second-order valence-corrected chi connectivity index (χ2v) is 8.38. The number of ether oxygens (including phenoxy) is 1. The van der Waals surface area contributed by atoms with Gasteiger partial charge in [0.1, 0.15) is 16.1 Å². The molecule has 1 fully saturated rings. The number of aliphatic carboxylic acids is 2. The van der Waals surface area contributed by atoms with Crippen molar-refractivity contribution in [3.8, 4) is 5.75 Å². The van der Waals surface area contributed by atoms with E-state index in [-0.39, 0.29) is 10.2 Å². The molecule has 1 aromatic carbocycles. The molecule has 0 saturated carbocycles. The zero-order valence-corrected chi connectivity index (χ0v) is 17.3. The molecule has 1 aliphatic heterocycles. The highest BCUT2D eigenvalue weighted by molar-refractivity contribution is 8.26. The Bertz CT molecular complexity index is 818. The van der Waals surface area contributed by atoms with E-state index in [9.17, 15) is 19.5 Å². The molecule has 7 nitrogen and oxygen atoms in total. The lowest BCUT2D eigenvalue weighted by Crippen LogP contribution is -2.44. The molecule has 0 spiro atoms. The molecule has 0 aliphatic carbocycles. The predicted octanol–water partition coefficient (Wildman–Crippen LogP) is 3.24. The maximum Gasteiger partial charge on any atom is 0.344 e. The largest absolute Gasteiger partial charge is 0.480 e. The number of benzene rings is 1. The molecule has 9 heteroatoms. The Morgan fingerprint density at radius 2 is 1.79 bits per heavy atom. The summed E-state index contributed by atoms with van der Waals surface area (Å²) in [6.45, 7) is 5.20. The van der Waals surface area contributed by atoms with Crippen LogP contribution in [-0.2, 0) is 14.4 Å². The van der Waals surface area contributed by atoms with Crippen molar-refractivity contribution in [3.63, 3.8) is 0 Å². The highest BCUT2D eigenvalue weighted by Crippen LogP contribution is 2.35. The molecule has 0 aromatic heterocycles. The number of carbonyl (C=O) groups is 3. The van der Waals surface area contributed by atoms with Gasteiger partial charge in [0.15, 0.2) is 6.10 Å². The standard InChI is InChI=1S/C19H21NO6S2/c1-10(2)8-14(18(24)25)20-16(21)15(28-19(20)27)9-12-4-6-13(7-5-12)26-11(3)17(22)23/h4-7,9-11,14H,8H2,1-3H3,(H,22,23)(H,24,25)/b15-9-. The van der Waals surface area contributed by atoms with Gasteiger partial charge in [0.25, 0.3) is 5.91 Å². The molecule has 2 unspecified atom stereocenters. The van der Waals surface area contributed by atoms with Crippen LogP contribution in [0.25, 0.3) is 6.08 Å². The Labute approximate surface area is 172 Å². The number of carboxylic acid groups (broad SMARTS) is 2. The first kappa shape index (κ1) is 21.9. The number of rotatable bonds is 8. The van der Waals surface area contributed by atoms with Crippen LogP contribution in [0.3, 0.4) is 0 Å². The minimum atomic E-state index is -1.08. The predicted molar refractivity (Wildman–Crippen MR) is 110 cm³/mol. The molecule has 1 amide bonds. The number of amides is 1. The molecule has 28 heavy (non-hydrogen) atoms. The van der Waals surface area contributed by atoms with Crippen molar-refractivity contribution in [2.24, 2.45) is 5.92 Å². The van der Waals surface area contributed by atoms with Crippen molar-refractivity contribution < 1.29 is 29.3 Å². The SMILES string of the molecule is CC(C)CC(C(=O)O)N1C(=O)/C(=C/c2ccc(OC(C)C(=O)O)cc2)SC1=S. The number of carbonyl (C=O) groups excluding carboxylic acids is 1. The summed E-state index contributed by atoms with van der Waals surface area (Å²) in [7, 11) is 0. The van der Waals surface area contributed by atoms with Gasteiger partial charge in [-0.05, 0) is 43.0 Å². The third-order valence-corrected chi connectivity index (χ3v) is 5.28. The van der Waals surface area contributed by atoms with Crippen LogP contribution in [0.5, 0.6) is 5.75 Å². The molecule has 1 aromatic rings. The first-order valence-corrected chi connectivity index (χ1v) is 9.82. The fraction of sp³-hybridized carbons (Fsp3) is 0.368. The minimum Gasteiger partial charge on any atom is -0.480 e. The van der Waals surface area contributed by atoms with Crippen LogP contribution >= 0.6 is 24.0 Å². The van der Waals surface area contributed by atoms with Gasteiger partial charge in [0, 0.05) is 0 Å². The lowest BCUT2D eigenvalue weighted by Gasteiger charge is -2.24. The molecule has 2 rings (SSSR count). The first-order chi connectivity index (χ1) is 13.1. The number of thioether (sulfide) groups is 1. The topological polar surface area (TPSA) is 104 Å². The molecular weight excluding hydrogens is 402 g/mol. The fourth-order valence-corrected chi connectivity index (χ4v) is 3.92. The second-order valence-electron chi connectivity index (χ2n) is 6.70. The molecule has 0 radical (unpaired) electrons. The lowest BCUT2D eigenvalue weighted by atomic mass is 10.0. The highest BCUT2D eigenvalue weighted by atomic mass is 32.2. The van der Waals surface area contributed by atoms with Crippen molar-refractivity contribution >= 4 is 52.2 Å². The van der Waals surface area contributed by atoms with Gasteiger partial charge in [0.05, 0.1) is 4.91 Å². The van der Waals surface area contributed by atoms with E-state index >= 15 is 0 Å². The van der Waals surface area contributed by atoms with Gasteiger partial charge in [-0.2, -0.15) is 0 Å². The zero-order valence-electron chi connectivity index (χ0n) is 15.6. The maximum absolute atomic E-state index is 12.7. The average molecular weight is 424 g/mol. The molecule has 1 heterocycles. The van der Waals surface area contributed by atoms with Crippen molar-refractivity contribution in [3.05, 3.63) is 34.7 Å². The molecular formula is C19H21NO6S2. The van der Waals surface area contributed by atoms with Gasteiger partial charge in [-0.25, -0.2) is 9.59 Å². The summed E-state index contributed by atoms with van der Waals surface area (Å²) in [5.74, 6) is -2.09. The van der Waals surface area contributed by atoms with E-state index in [0.29, 0.717) is 22.6 Å². The molecule has 2 N–H and O–H groups in total. The van der Waals surface area contributed by atoms with Gasteiger partial charge >= 0.3 is 11.9 Å². The Kier molecular flexibility index (Phi) is 7.20. The maximum atomic E-state index is 12.7. The zero-order chi connectivity index (χ0) is 21.0. The van der Waals surface area contributed by atoms with E-state index in [1.807, 2.05) is 13.8 Å². The quantitative estimate of drug-likeness (QED) is 0.485. The summed E-state index contributed by atoms with van der Waals surface area (Å²) in [5.41, 5.74) is 0.687. The van der Waals surface area contributed by atoms with Crippen molar-refractivity contribution in [1.29, 1.82) is 0 Å². The van der Waals surface area contributed by atoms with Crippen LogP contribution in [0.1, 0.15) is 32.8 Å². The number of nitrogens with zero attached hydrogens (tertiary/aromatic N) is 1. The smallest absolute Gasteiger partial charge is 0.344 e. The van der Waals surface area contributed by atoms with Gasteiger partial charge in [-0.15, -0.1) is 0 Å². The monoisotopic (exact) mass is 423 g/mol. The summed E-state index contributed by atoms with van der Waals surface area (Å²) >= 11 is 6.30. The van der Waals surface area contributed by atoms with Crippen molar-refractivity contribution in [2.75, 3.05) is 0 Å². The Hall–Kier alpha value is -2.39. The van der Waals surface area contributed by atoms with Crippen LogP contribution in [0.4, 0.5) is 0 Å².